The number of aromatic nitrogens is 2. The van der Waals surface area contributed by atoms with Gasteiger partial charge in [-0.05, 0) is 48.1 Å². The lowest BCUT2D eigenvalue weighted by atomic mass is 10.2. The van der Waals surface area contributed by atoms with Gasteiger partial charge in [0.05, 0.1) is 4.90 Å². The van der Waals surface area contributed by atoms with E-state index in [1.807, 2.05) is 18.2 Å². The fraction of sp³-hybridized carbons (Fsp3) is 0.208. The Morgan fingerprint density at radius 3 is 2.29 bits per heavy atom. The highest BCUT2D eigenvalue weighted by Crippen LogP contribution is 2.17. The average Bonchev–Trinajstić information content (AvgIpc) is 2.86. The van der Waals surface area contributed by atoms with Crippen LogP contribution in [0, 0.1) is 0 Å². The topological polar surface area (TPSA) is 90.5 Å². The standard InChI is InChI=1S/C24H26N6O2S2/c31-34(32,28-23-25-13-5-14-26-23)22-11-9-21(10-12-22)27-24(33)30-18-16-29(17-19-30)15-4-8-20-6-2-1-3-7-20/h1-14H,15-19H2,(H,27,33)(H,25,26,28). The van der Waals surface area contributed by atoms with Gasteiger partial charge >= 0.3 is 0 Å². The Morgan fingerprint density at radius 2 is 1.62 bits per heavy atom. The Hall–Kier alpha value is -3.34. The average molecular weight is 495 g/mol. The van der Waals surface area contributed by atoms with Crippen LogP contribution < -0.4 is 10.0 Å². The largest absolute Gasteiger partial charge is 0.346 e. The number of piperazine rings is 1. The molecule has 0 atom stereocenters. The van der Waals surface area contributed by atoms with Crippen molar-refractivity contribution in [3.05, 3.63) is 84.7 Å². The normalized spacial score (nSPS) is 14.8. The zero-order valence-electron chi connectivity index (χ0n) is 18.5. The minimum Gasteiger partial charge on any atom is -0.346 e. The van der Waals surface area contributed by atoms with E-state index in [1.165, 1.54) is 30.1 Å². The Morgan fingerprint density at radius 1 is 0.941 bits per heavy atom. The van der Waals surface area contributed by atoms with Crippen LogP contribution in [0.5, 0.6) is 0 Å². The first-order valence-electron chi connectivity index (χ1n) is 10.9. The first kappa shape index (κ1) is 23.8. The number of rotatable bonds is 7. The number of benzene rings is 2. The lowest BCUT2D eigenvalue weighted by Gasteiger charge is -2.35. The maximum Gasteiger partial charge on any atom is 0.264 e. The number of hydrogen-bond donors (Lipinski definition) is 2. The number of sulfonamides is 1. The van der Waals surface area contributed by atoms with Gasteiger partial charge in [0.2, 0.25) is 5.95 Å². The number of anilines is 2. The maximum atomic E-state index is 12.5. The summed E-state index contributed by atoms with van der Waals surface area (Å²) in [5, 5.41) is 3.83. The minimum absolute atomic E-state index is 0.0283. The van der Waals surface area contributed by atoms with Gasteiger partial charge in [-0.3, -0.25) is 4.90 Å². The quantitative estimate of drug-likeness (QED) is 0.484. The molecule has 0 spiro atoms. The summed E-state index contributed by atoms with van der Waals surface area (Å²) in [5.74, 6) is 0.0283. The van der Waals surface area contributed by atoms with E-state index in [0.29, 0.717) is 5.11 Å². The molecule has 4 rings (SSSR count). The van der Waals surface area contributed by atoms with E-state index >= 15 is 0 Å². The van der Waals surface area contributed by atoms with Gasteiger partial charge in [-0.2, -0.15) is 0 Å². The van der Waals surface area contributed by atoms with Gasteiger partial charge in [-0.1, -0.05) is 42.5 Å². The van der Waals surface area contributed by atoms with Gasteiger partial charge < -0.3 is 10.2 Å². The molecular formula is C24H26N6O2S2. The van der Waals surface area contributed by atoms with Gasteiger partial charge in [0.1, 0.15) is 0 Å². The number of nitrogens with one attached hydrogen (secondary N) is 2. The van der Waals surface area contributed by atoms with Gasteiger partial charge in [0.25, 0.3) is 10.0 Å². The van der Waals surface area contributed by atoms with Crippen LogP contribution in [0.1, 0.15) is 5.56 Å². The third-order valence-corrected chi connectivity index (χ3v) is 7.04. The molecule has 0 aliphatic carbocycles. The van der Waals surface area contributed by atoms with Crippen molar-refractivity contribution in [2.24, 2.45) is 0 Å². The molecule has 2 aromatic carbocycles. The van der Waals surface area contributed by atoms with Crippen LogP contribution in [0.4, 0.5) is 11.6 Å². The summed E-state index contributed by atoms with van der Waals surface area (Å²) in [4.78, 5) is 12.4. The molecule has 2 heterocycles. The van der Waals surface area contributed by atoms with E-state index in [-0.39, 0.29) is 10.8 Å². The van der Waals surface area contributed by atoms with Crippen molar-refractivity contribution in [2.45, 2.75) is 4.90 Å². The fourth-order valence-electron chi connectivity index (χ4n) is 3.49. The van der Waals surface area contributed by atoms with Crippen molar-refractivity contribution in [2.75, 3.05) is 42.8 Å². The summed E-state index contributed by atoms with van der Waals surface area (Å²) in [7, 11) is -3.77. The van der Waals surface area contributed by atoms with Crippen LogP contribution >= 0.6 is 12.2 Å². The molecule has 0 bridgehead atoms. The summed E-state index contributed by atoms with van der Waals surface area (Å²) in [6.07, 6.45) is 7.28. The van der Waals surface area contributed by atoms with Gasteiger partial charge in [0, 0.05) is 50.8 Å². The van der Waals surface area contributed by atoms with E-state index < -0.39 is 10.0 Å². The summed E-state index contributed by atoms with van der Waals surface area (Å²) in [6, 6.07) is 18.3. The monoisotopic (exact) mass is 494 g/mol. The van der Waals surface area contributed by atoms with Crippen LogP contribution in [-0.4, -0.2) is 66.0 Å². The Kier molecular flexibility index (Phi) is 7.84. The van der Waals surface area contributed by atoms with Crippen molar-refractivity contribution >= 4 is 45.1 Å². The number of nitrogens with zero attached hydrogens (tertiary/aromatic N) is 4. The molecule has 10 heteroatoms. The predicted molar refractivity (Wildman–Crippen MR) is 139 cm³/mol. The second-order valence-corrected chi connectivity index (χ2v) is 9.80. The van der Waals surface area contributed by atoms with Gasteiger partial charge in [-0.15, -0.1) is 0 Å². The minimum atomic E-state index is -3.77. The predicted octanol–water partition coefficient (Wildman–Crippen LogP) is 3.31. The van der Waals surface area contributed by atoms with Crippen LogP contribution in [-0.2, 0) is 10.0 Å². The van der Waals surface area contributed by atoms with Crippen molar-refractivity contribution in [3.8, 4) is 0 Å². The molecule has 0 amide bonds. The SMILES string of the molecule is O=S(=O)(Nc1ncccn1)c1ccc(NC(=S)N2CCN(CC=Cc3ccccc3)CC2)cc1. The molecule has 8 nitrogen and oxygen atoms in total. The van der Waals surface area contributed by atoms with Crippen molar-refractivity contribution in [3.63, 3.8) is 0 Å². The van der Waals surface area contributed by atoms with E-state index in [9.17, 15) is 8.42 Å². The molecule has 1 fully saturated rings. The fourth-order valence-corrected chi connectivity index (χ4v) is 4.74. The summed E-state index contributed by atoms with van der Waals surface area (Å²) >= 11 is 5.57. The third-order valence-electron chi connectivity index (χ3n) is 5.34. The van der Waals surface area contributed by atoms with E-state index in [4.69, 9.17) is 12.2 Å². The smallest absolute Gasteiger partial charge is 0.264 e. The first-order chi connectivity index (χ1) is 16.5. The molecule has 0 radical (unpaired) electrons. The van der Waals surface area contributed by atoms with Crippen LogP contribution in [0.15, 0.2) is 84.0 Å². The van der Waals surface area contributed by atoms with Gasteiger partial charge in [0.15, 0.2) is 5.11 Å². The number of thiocarbonyl (C=S) groups is 1. The van der Waals surface area contributed by atoms with Crippen molar-refractivity contribution in [1.82, 2.24) is 19.8 Å². The van der Waals surface area contributed by atoms with E-state index in [2.05, 4.69) is 54.1 Å². The Balaban J connectivity index is 1.25. The Labute approximate surface area is 205 Å². The molecule has 0 saturated carbocycles. The lowest BCUT2D eigenvalue weighted by molar-refractivity contribution is 0.200. The maximum absolute atomic E-state index is 12.5. The molecular weight excluding hydrogens is 468 g/mol. The van der Waals surface area contributed by atoms with Crippen LogP contribution in [0.3, 0.4) is 0 Å². The molecule has 34 heavy (non-hydrogen) atoms. The summed E-state index contributed by atoms with van der Waals surface area (Å²) < 4.78 is 27.4. The Bertz CT molecular complexity index is 1210. The molecule has 1 saturated heterocycles. The van der Waals surface area contributed by atoms with Crippen molar-refractivity contribution < 1.29 is 8.42 Å². The summed E-state index contributed by atoms with van der Waals surface area (Å²) in [6.45, 7) is 4.41. The third kappa shape index (κ3) is 6.60. The molecule has 2 N–H and O–H groups in total. The number of hydrogen-bond acceptors (Lipinski definition) is 6. The first-order valence-corrected chi connectivity index (χ1v) is 12.8. The zero-order valence-corrected chi connectivity index (χ0v) is 20.2. The highest BCUT2D eigenvalue weighted by atomic mass is 32.2. The summed E-state index contributed by atoms with van der Waals surface area (Å²) in [5.41, 5.74) is 1.93. The molecule has 1 aliphatic rings. The van der Waals surface area contributed by atoms with Crippen LogP contribution in [0.2, 0.25) is 0 Å². The molecule has 1 aromatic heterocycles. The molecule has 1 aliphatic heterocycles. The highest BCUT2D eigenvalue weighted by Gasteiger charge is 2.19. The second kappa shape index (κ2) is 11.2. The van der Waals surface area contributed by atoms with E-state index in [1.54, 1.807) is 18.2 Å². The zero-order chi connectivity index (χ0) is 23.8. The molecule has 176 valence electrons. The van der Waals surface area contributed by atoms with E-state index in [0.717, 1.165) is 38.4 Å². The van der Waals surface area contributed by atoms with Crippen LogP contribution in [0.25, 0.3) is 6.08 Å². The van der Waals surface area contributed by atoms with Crippen molar-refractivity contribution in [1.29, 1.82) is 0 Å². The highest BCUT2D eigenvalue weighted by molar-refractivity contribution is 7.92. The molecule has 3 aromatic rings. The second-order valence-electron chi connectivity index (χ2n) is 7.73. The molecule has 0 unspecified atom stereocenters. The lowest BCUT2D eigenvalue weighted by Crippen LogP contribution is -2.49. The van der Waals surface area contributed by atoms with Gasteiger partial charge in [-0.25, -0.2) is 23.1 Å².